The molecule has 3 nitrogen and oxygen atoms in total. The average molecular weight is 270 g/mol. The Labute approximate surface area is 121 Å². The molecule has 20 heavy (non-hydrogen) atoms. The zero-order valence-corrected chi connectivity index (χ0v) is 12.4. The number of nitrogens with zero attached hydrogens (tertiary/aromatic N) is 1. The number of benzene rings is 1. The molecule has 0 aliphatic rings. The molecule has 1 aromatic heterocycles. The first-order valence-electron chi connectivity index (χ1n) is 7.01. The van der Waals surface area contributed by atoms with Gasteiger partial charge in [-0.1, -0.05) is 12.1 Å². The van der Waals surface area contributed by atoms with Gasteiger partial charge in [0.2, 0.25) is 0 Å². The highest BCUT2D eigenvalue weighted by Gasteiger charge is 2.00. The molecule has 0 saturated carbocycles. The van der Waals surface area contributed by atoms with Gasteiger partial charge >= 0.3 is 0 Å². The van der Waals surface area contributed by atoms with Crippen molar-refractivity contribution in [3.05, 3.63) is 59.4 Å². The number of rotatable bonds is 6. The molecule has 0 amide bonds. The van der Waals surface area contributed by atoms with E-state index in [4.69, 9.17) is 4.74 Å². The number of aromatic nitrogens is 1. The Morgan fingerprint density at radius 1 is 1.10 bits per heavy atom. The molecule has 0 saturated heterocycles. The largest absolute Gasteiger partial charge is 0.491 e. The molecule has 1 N–H and O–H groups in total. The van der Waals surface area contributed by atoms with E-state index in [9.17, 15) is 0 Å². The van der Waals surface area contributed by atoms with E-state index in [0.717, 1.165) is 18.8 Å². The maximum absolute atomic E-state index is 5.63. The standard InChI is InChI=1S/C17H22N2O/c1-13(2)20-17-6-4-15(5-7-17)10-19-12-16-11-18-9-8-14(16)3/h4-9,11,13,19H,10,12H2,1-3H3. The van der Waals surface area contributed by atoms with Crippen LogP contribution in [0, 0.1) is 6.92 Å². The lowest BCUT2D eigenvalue weighted by Gasteiger charge is -2.11. The Morgan fingerprint density at radius 3 is 2.50 bits per heavy atom. The minimum atomic E-state index is 0.215. The Morgan fingerprint density at radius 2 is 1.85 bits per heavy atom. The predicted molar refractivity (Wildman–Crippen MR) is 81.7 cm³/mol. The van der Waals surface area contributed by atoms with Gasteiger partial charge in [0.1, 0.15) is 5.75 Å². The molecule has 1 heterocycles. The molecule has 0 bridgehead atoms. The summed E-state index contributed by atoms with van der Waals surface area (Å²) >= 11 is 0. The van der Waals surface area contributed by atoms with Crippen molar-refractivity contribution in [2.24, 2.45) is 0 Å². The lowest BCUT2D eigenvalue weighted by molar-refractivity contribution is 0.242. The van der Waals surface area contributed by atoms with Crippen LogP contribution in [-0.4, -0.2) is 11.1 Å². The summed E-state index contributed by atoms with van der Waals surface area (Å²) in [5.41, 5.74) is 3.77. The maximum atomic E-state index is 5.63. The second-order valence-corrected chi connectivity index (χ2v) is 5.22. The van der Waals surface area contributed by atoms with Crippen molar-refractivity contribution in [3.63, 3.8) is 0 Å². The van der Waals surface area contributed by atoms with Crippen LogP contribution < -0.4 is 10.1 Å². The van der Waals surface area contributed by atoms with Gasteiger partial charge in [-0.25, -0.2) is 0 Å². The van der Waals surface area contributed by atoms with Gasteiger partial charge in [-0.2, -0.15) is 0 Å². The van der Waals surface area contributed by atoms with Crippen molar-refractivity contribution < 1.29 is 4.74 Å². The van der Waals surface area contributed by atoms with Gasteiger partial charge in [0.05, 0.1) is 6.10 Å². The maximum Gasteiger partial charge on any atom is 0.119 e. The Balaban J connectivity index is 1.84. The third kappa shape index (κ3) is 4.35. The lowest BCUT2D eigenvalue weighted by Crippen LogP contribution is -2.13. The quantitative estimate of drug-likeness (QED) is 0.872. The number of hydrogen-bond acceptors (Lipinski definition) is 3. The van der Waals surface area contributed by atoms with Gasteiger partial charge in [-0.15, -0.1) is 0 Å². The Kier molecular flexibility index (Phi) is 5.13. The summed E-state index contributed by atoms with van der Waals surface area (Å²) in [5, 5.41) is 3.44. The summed E-state index contributed by atoms with van der Waals surface area (Å²) in [7, 11) is 0. The fraction of sp³-hybridized carbons (Fsp3) is 0.353. The zero-order chi connectivity index (χ0) is 14.4. The molecule has 2 rings (SSSR count). The van der Waals surface area contributed by atoms with Crippen LogP contribution >= 0.6 is 0 Å². The van der Waals surface area contributed by atoms with E-state index >= 15 is 0 Å². The van der Waals surface area contributed by atoms with Crippen LogP contribution in [0.25, 0.3) is 0 Å². The highest BCUT2D eigenvalue weighted by molar-refractivity contribution is 5.27. The highest BCUT2D eigenvalue weighted by atomic mass is 16.5. The van der Waals surface area contributed by atoms with E-state index in [1.807, 2.05) is 44.4 Å². The number of nitrogens with one attached hydrogen (secondary N) is 1. The van der Waals surface area contributed by atoms with Crippen molar-refractivity contribution in [1.29, 1.82) is 0 Å². The first-order valence-corrected chi connectivity index (χ1v) is 7.01. The van der Waals surface area contributed by atoms with Gasteiger partial charge < -0.3 is 10.1 Å². The van der Waals surface area contributed by atoms with Crippen LogP contribution in [0.4, 0.5) is 0 Å². The molecule has 0 fully saturated rings. The smallest absolute Gasteiger partial charge is 0.119 e. The lowest BCUT2D eigenvalue weighted by atomic mass is 10.1. The van der Waals surface area contributed by atoms with Gasteiger partial charge in [0.15, 0.2) is 0 Å². The van der Waals surface area contributed by atoms with Gasteiger partial charge in [0.25, 0.3) is 0 Å². The molecule has 0 unspecified atom stereocenters. The molecule has 0 aliphatic heterocycles. The normalized spacial score (nSPS) is 10.8. The van der Waals surface area contributed by atoms with E-state index < -0.39 is 0 Å². The van der Waals surface area contributed by atoms with Gasteiger partial charge in [0, 0.05) is 25.5 Å². The van der Waals surface area contributed by atoms with E-state index in [2.05, 4.69) is 29.4 Å². The molecular formula is C17H22N2O. The molecule has 1 aromatic carbocycles. The third-order valence-corrected chi connectivity index (χ3v) is 3.09. The molecule has 106 valence electrons. The van der Waals surface area contributed by atoms with Crippen LogP contribution in [0.15, 0.2) is 42.7 Å². The molecule has 0 radical (unpaired) electrons. The van der Waals surface area contributed by atoms with Crippen LogP contribution in [-0.2, 0) is 13.1 Å². The number of pyridine rings is 1. The summed E-state index contributed by atoms with van der Waals surface area (Å²) in [4.78, 5) is 4.15. The molecular weight excluding hydrogens is 248 g/mol. The SMILES string of the molecule is Cc1ccncc1CNCc1ccc(OC(C)C)cc1. The van der Waals surface area contributed by atoms with E-state index in [1.54, 1.807) is 0 Å². The van der Waals surface area contributed by atoms with Crippen LogP contribution in [0.5, 0.6) is 5.75 Å². The Hall–Kier alpha value is -1.87. The van der Waals surface area contributed by atoms with Crippen molar-refractivity contribution in [2.75, 3.05) is 0 Å². The van der Waals surface area contributed by atoms with Crippen molar-refractivity contribution in [1.82, 2.24) is 10.3 Å². The minimum Gasteiger partial charge on any atom is -0.491 e. The number of hydrogen-bond donors (Lipinski definition) is 1. The predicted octanol–water partition coefficient (Wildman–Crippen LogP) is 3.47. The second-order valence-electron chi connectivity index (χ2n) is 5.22. The van der Waals surface area contributed by atoms with E-state index in [0.29, 0.717) is 0 Å². The first-order chi connectivity index (χ1) is 9.65. The van der Waals surface area contributed by atoms with Crippen LogP contribution in [0.1, 0.15) is 30.5 Å². The number of ether oxygens (including phenoxy) is 1. The topological polar surface area (TPSA) is 34.2 Å². The molecule has 2 aromatic rings. The summed E-state index contributed by atoms with van der Waals surface area (Å²) in [6.45, 7) is 7.86. The van der Waals surface area contributed by atoms with Crippen LogP contribution in [0.2, 0.25) is 0 Å². The van der Waals surface area contributed by atoms with E-state index in [1.165, 1.54) is 16.7 Å². The molecule has 0 spiro atoms. The fourth-order valence-electron chi connectivity index (χ4n) is 1.98. The second kappa shape index (κ2) is 7.06. The van der Waals surface area contributed by atoms with Crippen LogP contribution in [0.3, 0.4) is 0 Å². The summed E-state index contributed by atoms with van der Waals surface area (Å²) in [5.74, 6) is 0.923. The van der Waals surface area contributed by atoms with Crippen molar-refractivity contribution in [2.45, 2.75) is 40.0 Å². The van der Waals surface area contributed by atoms with E-state index in [-0.39, 0.29) is 6.10 Å². The van der Waals surface area contributed by atoms with Crippen molar-refractivity contribution >= 4 is 0 Å². The zero-order valence-electron chi connectivity index (χ0n) is 12.4. The first kappa shape index (κ1) is 14.5. The van der Waals surface area contributed by atoms with Gasteiger partial charge in [-0.3, -0.25) is 4.98 Å². The summed E-state index contributed by atoms with van der Waals surface area (Å²) < 4.78 is 5.63. The summed E-state index contributed by atoms with van der Waals surface area (Å²) in [6.07, 6.45) is 3.96. The van der Waals surface area contributed by atoms with Crippen molar-refractivity contribution in [3.8, 4) is 5.75 Å². The fourth-order valence-corrected chi connectivity index (χ4v) is 1.98. The average Bonchev–Trinajstić information content (AvgIpc) is 2.42. The molecule has 3 heteroatoms. The third-order valence-electron chi connectivity index (χ3n) is 3.09. The molecule has 0 atom stereocenters. The van der Waals surface area contributed by atoms with Gasteiger partial charge in [-0.05, 0) is 55.7 Å². The highest BCUT2D eigenvalue weighted by Crippen LogP contribution is 2.14. The number of aryl methyl sites for hydroxylation is 1. The monoisotopic (exact) mass is 270 g/mol. The minimum absolute atomic E-state index is 0.215. The Bertz CT molecular complexity index is 535. The summed E-state index contributed by atoms with van der Waals surface area (Å²) in [6, 6.07) is 10.3. The molecule has 0 aliphatic carbocycles.